The standard InChI is InChI=1S/C20H30N4OS2/c1-7-14-8-15-17(21-11-22-18(15)27-14)26-12(2)16(25)23-13-9-19(3,4)24-20(5,6)10-13/h8,11-13,24H,7,9-10H2,1-6H3,(H,23,25). The van der Waals surface area contributed by atoms with Crippen LogP contribution in [0.4, 0.5) is 0 Å². The molecular weight excluding hydrogens is 376 g/mol. The van der Waals surface area contributed by atoms with Crippen LogP contribution in [0.2, 0.25) is 0 Å². The van der Waals surface area contributed by atoms with Crippen LogP contribution in [0, 0.1) is 0 Å². The third-order valence-electron chi connectivity index (χ3n) is 4.89. The van der Waals surface area contributed by atoms with Crippen LogP contribution in [0.15, 0.2) is 17.4 Å². The SMILES string of the molecule is CCc1cc2c(SC(C)C(=O)NC3CC(C)(C)NC(C)(C)C3)ncnc2s1. The smallest absolute Gasteiger partial charge is 0.233 e. The summed E-state index contributed by atoms with van der Waals surface area (Å²) in [6.07, 6.45) is 4.45. The molecule has 2 N–H and O–H groups in total. The molecule has 0 bridgehead atoms. The van der Waals surface area contributed by atoms with Gasteiger partial charge in [-0.2, -0.15) is 0 Å². The fourth-order valence-electron chi connectivity index (χ4n) is 4.12. The molecule has 2 aromatic rings. The molecule has 3 rings (SSSR count). The van der Waals surface area contributed by atoms with E-state index in [2.05, 4.69) is 61.3 Å². The molecule has 0 aromatic carbocycles. The van der Waals surface area contributed by atoms with Crippen molar-refractivity contribution in [2.24, 2.45) is 0 Å². The van der Waals surface area contributed by atoms with Crippen molar-refractivity contribution in [3.8, 4) is 0 Å². The largest absolute Gasteiger partial charge is 0.352 e. The topological polar surface area (TPSA) is 66.9 Å². The van der Waals surface area contributed by atoms with E-state index in [1.807, 2.05) is 6.92 Å². The van der Waals surface area contributed by atoms with Crippen LogP contribution in [-0.4, -0.2) is 38.2 Å². The van der Waals surface area contributed by atoms with Crippen molar-refractivity contribution in [3.05, 3.63) is 17.3 Å². The number of fused-ring (bicyclic) bond motifs is 1. The van der Waals surface area contributed by atoms with Crippen molar-refractivity contribution >= 4 is 39.2 Å². The van der Waals surface area contributed by atoms with Crippen molar-refractivity contribution in [1.29, 1.82) is 0 Å². The predicted octanol–water partition coefficient (Wildman–Crippen LogP) is 4.16. The number of carbonyl (C=O) groups is 1. The summed E-state index contributed by atoms with van der Waals surface area (Å²) in [7, 11) is 0. The maximum absolute atomic E-state index is 12.8. The van der Waals surface area contributed by atoms with Gasteiger partial charge >= 0.3 is 0 Å². The number of aromatic nitrogens is 2. The Hall–Kier alpha value is -1.18. The summed E-state index contributed by atoms with van der Waals surface area (Å²) in [4.78, 5) is 23.9. The normalized spacial score (nSPS) is 20.5. The molecule has 1 unspecified atom stereocenters. The van der Waals surface area contributed by atoms with E-state index in [-0.39, 0.29) is 28.3 Å². The highest BCUT2D eigenvalue weighted by Gasteiger charge is 2.38. The summed E-state index contributed by atoms with van der Waals surface area (Å²) in [6, 6.07) is 2.34. The van der Waals surface area contributed by atoms with Crippen LogP contribution < -0.4 is 10.6 Å². The molecule has 1 fully saturated rings. The number of nitrogens with one attached hydrogen (secondary N) is 2. The number of thioether (sulfide) groups is 1. The third kappa shape index (κ3) is 5.00. The highest BCUT2D eigenvalue weighted by molar-refractivity contribution is 8.00. The molecule has 7 heteroatoms. The number of amides is 1. The van der Waals surface area contributed by atoms with E-state index in [4.69, 9.17) is 0 Å². The highest BCUT2D eigenvalue weighted by Crippen LogP contribution is 2.33. The molecule has 0 aliphatic carbocycles. The number of aryl methyl sites for hydroxylation is 1. The number of thiophene rings is 1. The molecule has 1 aliphatic heterocycles. The summed E-state index contributed by atoms with van der Waals surface area (Å²) >= 11 is 3.22. The predicted molar refractivity (Wildman–Crippen MR) is 115 cm³/mol. The first-order valence-corrected chi connectivity index (χ1v) is 11.3. The van der Waals surface area contributed by atoms with Gasteiger partial charge in [0.25, 0.3) is 0 Å². The van der Waals surface area contributed by atoms with Crippen LogP contribution in [-0.2, 0) is 11.2 Å². The van der Waals surface area contributed by atoms with Crippen molar-refractivity contribution in [1.82, 2.24) is 20.6 Å². The van der Waals surface area contributed by atoms with Gasteiger partial charge in [-0.15, -0.1) is 11.3 Å². The van der Waals surface area contributed by atoms with Gasteiger partial charge in [-0.3, -0.25) is 4.79 Å². The Morgan fingerprint density at radius 2 is 2.00 bits per heavy atom. The van der Waals surface area contributed by atoms with E-state index in [1.165, 1.54) is 16.6 Å². The second kappa shape index (κ2) is 7.68. The van der Waals surface area contributed by atoms with Gasteiger partial charge in [-0.1, -0.05) is 18.7 Å². The minimum Gasteiger partial charge on any atom is -0.352 e. The van der Waals surface area contributed by atoms with Gasteiger partial charge in [0.05, 0.1) is 5.25 Å². The van der Waals surface area contributed by atoms with Gasteiger partial charge in [-0.25, -0.2) is 9.97 Å². The molecule has 148 valence electrons. The molecule has 3 heterocycles. The van der Waals surface area contributed by atoms with Crippen LogP contribution in [0.25, 0.3) is 10.2 Å². The van der Waals surface area contributed by atoms with Crippen molar-refractivity contribution in [3.63, 3.8) is 0 Å². The van der Waals surface area contributed by atoms with Gasteiger partial charge in [0, 0.05) is 27.4 Å². The lowest BCUT2D eigenvalue weighted by atomic mass is 9.79. The number of hydrogen-bond donors (Lipinski definition) is 2. The Kier molecular flexibility index (Phi) is 5.85. The molecule has 1 saturated heterocycles. The van der Waals surface area contributed by atoms with Crippen LogP contribution in [0.3, 0.4) is 0 Å². The Morgan fingerprint density at radius 3 is 2.63 bits per heavy atom. The maximum atomic E-state index is 12.8. The van der Waals surface area contributed by atoms with E-state index < -0.39 is 0 Å². The third-order valence-corrected chi connectivity index (χ3v) is 7.19. The molecule has 0 spiro atoms. The minimum absolute atomic E-state index is 0.0160. The summed E-state index contributed by atoms with van der Waals surface area (Å²) < 4.78 is 0. The first-order chi connectivity index (χ1) is 12.6. The average molecular weight is 407 g/mol. The molecule has 27 heavy (non-hydrogen) atoms. The molecule has 5 nitrogen and oxygen atoms in total. The molecule has 1 atom stereocenters. The lowest BCUT2D eigenvalue weighted by Crippen LogP contribution is -2.62. The van der Waals surface area contributed by atoms with Gasteiger partial charge in [0.15, 0.2) is 0 Å². The quantitative estimate of drug-likeness (QED) is 0.576. The zero-order chi connectivity index (χ0) is 19.8. The van der Waals surface area contributed by atoms with E-state index >= 15 is 0 Å². The lowest BCUT2D eigenvalue weighted by molar-refractivity contribution is -0.121. The summed E-state index contributed by atoms with van der Waals surface area (Å²) in [5.74, 6) is 0.0798. The summed E-state index contributed by atoms with van der Waals surface area (Å²) in [5.41, 5.74) is 0.0320. The Bertz CT molecular complexity index is 814. The van der Waals surface area contributed by atoms with Crippen LogP contribution >= 0.6 is 23.1 Å². The fourth-order valence-corrected chi connectivity index (χ4v) is 6.02. The fraction of sp³-hybridized carbons (Fsp3) is 0.650. The van der Waals surface area contributed by atoms with Gasteiger partial charge in [0.2, 0.25) is 5.91 Å². The molecular formula is C20H30N4OS2. The molecule has 0 radical (unpaired) electrons. The number of rotatable bonds is 5. The second-order valence-corrected chi connectivity index (χ2v) is 11.2. The minimum atomic E-state index is -0.200. The number of nitrogens with zero attached hydrogens (tertiary/aromatic N) is 2. The zero-order valence-electron chi connectivity index (χ0n) is 17.0. The monoisotopic (exact) mass is 406 g/mol. The van der Waals surface area contributed by atoms with Crippen molar-refractivity contribution in [2.45, 2.75) is 88.2 Å². The molecule has 0 saturated carbocycles. The van der Waals surface area contributed by atoms with E-state index in [0.717, 1.165) is 34.5 Å². The van der Waals surface area contributed by atoms with Crippen LogP contribution in [0.1, 0.15) is 59.3 Å². The maximum Gasteiger partial charge on any atom is 0.233 e. The van der Waals surface area contributed by atoms with Crippen molar-refractivity contribution in [2.75, 3.05) is 0 Å². The Balaban J connectivity index is 1.69. The second-order valence-electron chi connectivity index (χ2n) is 8.73. The molecule has 1 amide bonds. The lowest BCUT2D eigenvalue weighted by Gasteiger charge is -2.46. The van der Waals surface area contributed by atoms with Gasteiger partial charge < -0.3 is 10.6 Å². The first kappa shape index (κ1) is 20.6. The molecule has 2 aromatic heterocycles. The van der Waals surface area contributed by atoms with Gasteiger partial charge in [0.1, 0.15) is 16.2 Å². The number of hydrogen-bond acceptors (Lipinski definition) is 6. The average Bonchev–Trinajstić information content (AvgIpc) is 2.96. The zero-order valence-corrected chi connectivity index (χ0v) is 18.7. The van der Waals surface area contributed by atoms with Crippen molar-refractivity contribution < 1.29 is 4.79 Å². The number of piperidine rings is 1. The van der Waals surface area contributed by atoms with Gasteiger partial charge in [-0.05, 0) is 59.9 Å². The van der Waals surface area contributed by atoms with E-state index in [1.54, 1.807) is 17.7 Å². The molecule has 1 aliphatic rings. The van der Waals surface area contributed by atoms with E-state index in [0.29, 0.717) is 0 Å². The summed E-state index contributed by atoms with van der Waals surface area (Å²) in [6.45, 7) is 12.9. The van der Waals surface area contributed by atoms with Crippen LogP contribution in [0.5, 0.6) is 0 Å². The summed E-state index contributed by atoms with van der Waals surface area (Å²) in [5, 5.41) is 8.69. The number of carbonyl (C=O) groups excluding carboxylic acids is 1. The highest BCUT2D eigenvalue weighted by atomic mass is 32.2. The Labute approximate surface area is 170 Å². The Morgan fingerprint density at radius 1 is 1.33 bits per heavy atom. The van der Waals surface area contributed by atoms with E-state index in [9.17, 15) is 4.79 Å². The first-order valence-electron chi connectivity index (χ1n) is 9.58.